The van der Waals surface area contributed by atoms with E-state index < -0.39 is 0 Å². The van der Waals surface area contributed by atoms with E-state index in [1.165, 1.54) is 11.8 Å². The topological polar surface area (TPSA) is 46.2 Å². The number of amides is 2. The number of rotatable bonds is 4. The molecular weight excluding hydrogens is 150 g/mol. The van der Waals surface area contributed by atoms with E-state index in [1.807, 2.05) is 13.2 Å². The maximum atomic E-state index is 10.8. The van der Waals surface area contributed by atoms with Gasteiger partial charge in [0, 0.05) is 0 Å². The van der Waals surface area contributed by atoms with Crippen LogP contribution in [0, 0.1) is 0 Å². The normalized spacial score (nSPS) is 12.2. The Kier molecular flexibility index (Phi) is 5.02. The summed E-state index contributed by atoms with van der Waals surface area (Å²) in [6.45, 7) is 1.91. The van der Waals surface area contributed by atoms with Gasteiger partial charge < -0.3 is 0 Å². The van der Waals surface area contributed by atoms with Gasteiger partial charge in [0.15, 0.2) is 0 Å². The second-order valence-electron chi connectivity index (χ2n) is 1.76. The number of thioether (sulfide) groups is 1. The van der Waals surface area contributed by atoms with Gasteiger partial charge in [-0.2, -0.15) is 11.8 Å². The molecule has 0 aliphatic heterocycles. The summed E-state index contributed by atoms with van der Waals surface area (Å²) in [5, 5.41) is 2.01. The summed E-state index contributed by atoms with van der Waals surface area (Å²) < 4.78 is 0. The predicted octanol–water partition coefficient (Wildman–Crippen LogP) is 0.401. The molecule has 0 spiro atoms. The Morgan fingerprint density at radius 1 is 1.80 bits per heavy atom. The lowest BCUT2D eigenvalue weighted by Crippen LogP contribution is -2.30. The highest BCUT2D eigenvalue weighted by Crippen LogP contribution is 2.09. The number of hydrogen-bond donors (Lipinski definition) is 1. The lowest BCUT2D eigenvalue weighted by atomic mass is 10.3. The van der Waals surface area contributed by atoms with E-state index in [4.69, 9.17) is 0 Å². The first-order chi connectivity index (χ1) is 4.76. The van der Waals surface area contributed by atoms with Crippen molar-refractivity contribution in [1.29, 1.82) is 0 Å². The van der Waals surface area contributed by atoms with E-state index >= 15 is 0 Å². The molecule has 3 nitrogen and oxygen atoms in total. The summed E-state index contributed by atoms with van der Waals surface area (Å²) in [4.78, 5) is 20.7. The summed E-state index contributed by atoms with van der Waals surface area (Å²) in [6.07, 6.45) is 3.01. The van der Waals surface area contributed by atoms with Crippen molar-refractivity contribution in [1.82, 2.24) is 5.32 Å². The van der Waals surface area contributed by atoms with Crippen molar-refractivity contribution >= 4 is 24.1 Å². The zero-order valence-corrected chi connectivity index (χ0v) is 6.90. The minimum Gasteiger partial charge on any atom is -0.298 e. The molecule has 4 heteroatoms. The molecule has 0 aromatic rings. The second kappa shape index (κ2) is 5.29. The molecule has 0 saturated heterocycles. The van der Waals surface area contributed by atoms with E-state index in [-0.39, 0.29) is 11.2 Å². The van der Waals surface area contributed by atoms with Gasteiger partial charge in [0.25, 0.3) is 0 Å². The van der Waals surface area contributed by atoms with E-state index in [0.717, 1.165) is 6.42 Å². The lowest BCUT2D eigenvalue weighted by molar-refractivity contribution is -0.124. The summed E-state index contributed by atoms with van der Waals surface area (Å²) in [7, 11) is 0. The summed E-state index contributed by atoms with van der Waals surface area (Å²) in [6, 6.07) is 0. The number of imide groups is 1. The van der Waals surface area contributed by atoms with Crippen LogP contribution in [0.2, 0.25) is 0 Å². The molecule has 0 fully saturated rings. The highest BCUT2D eigenvalue weighted by atomic mass is 32.2. The second-order valence-corrected chi connectivity index (χ2v) is 2.80. The smallest absolute Gasteiger partial charge is 0.239 e. The van der Waals surface area contributed by atoms with Gasteiger partial charge in [-0.1, -0.05) is 6.92 Å². The molecule has 1 N–H and O–H groups in total. The Hall–Kier alpha value is -0.510. The molecule has 0 rings (SSSR count). The van der Waals surface area contributed by atoms with Crippen LogP contribution in [0.25, 0.3) is 0 Å². The van der Waals surface area contributed by atoms with Crippen LogP contribution in [-0.4, -0.2) is 23.8 Å². The van der Waals surface area contributed by atoms with E-state index in [9.17, 15) is 9.59 Å². The summed E-state index contributed by atoms with van der Waals surface area (Å²) in [5.41, 5.74) is 0. The van der Waals surface area contributed by atoms with Gasteiger partial charge in [-0.05, 0) is 12.7 Å². The maximum Gasteiger partial charge on any atom is 0.239 e. The van der Waals surface area contributed by atoms with E-state index in [0.29, 0.717) is 6.41 Å². The molecule has 1 atom stereocenters. The molecule has 0 aliphatic carbocycles. The Bertz CT molecular complexity index is 123. The molecular formula is C6H11NO2S. The largest absolute Gasteiger partial charge is 0.298 e. The minimum absolute atomic E-state index is 0.0924. The molecule has 0 heterocycles. The van der Waals surface area contributed by atoms with Crippen LogP contribution in [0.15, 0.2) is 0 Å². The molecule has 0 saturated carbocycles. The molecule has 1 unspecified atom stereocenters. The van der Waals surface area contributed by atoms with Gasteiger partial charge in [0.05, 0.1) is 5.25 Å². The van der Waals surface area contributed by atoms with Gasteiger partial charge in [0.1, 0.15) is 0 Å². The van der Waals surface area contributed by atoms with Crippen molar-refractivity contribution in [2.45, 2.75) is 18.6 Å². The Balaban J connectivity index is 3.76. The van der Waals surface area contributed by atoms with E-state index in [1.54, 1.807) is 0 Å². The molecule has 2 amide bonds. The zero-order chi connectivity index (χ0) is 7.98. The Morgan fingerprint density at radius 3 is 2.70 bits per heavy atom. The van der Waals surface area contributed by atoms with Crippen LogP contribution in [0.1, 0.15) is 13.3 Å². The van der Waals surface area contributed by atoms with Gasteiger partial charge in [0.2, 0.25) is 12.3 Å². The highest BCUT2D eigenvalue weighted by Gasteiger charge is 2.12. The number of carbonyl (C=O) groups is 2. The summed E-state index contributed by atoms with van der Waals surface area (Å²) in [5.74, 6) is -0.204. The fraction of sp³-hybridized carbons (Fsp3) is 0.667. The predicted molar refractivity (Wildman–Crippen MR) is 41.8 cm³/mol. The van der Waals surface area contributed by atoms with Gasteiger partial charge in [-0.15, -0.1) is 0 Å². The van der Waals surface area contributed by atoms with Crippen LogP contribution in [0.3, 0.4) is 0 Å². The molecule has 10 heavy (non-hydrogen) atoms. The first kappa shape index (κ1) is 9.49. The molecule has 0 aliphatic rings. The third-order valence-electron chi connectivity index (χ3n) is 1.15. The van der Waals surface area contributed by atoms with Crippen LogP contribution >= 0.6 is 11.8 Å². The van der Waals surface area contributed by atoms with Gasteiger partial charge in [-0.25, -0.2) is 0 Å². The van der Waals surface area contributed by atoms with Gasteiger partial charge >= 0.3 is 0 Å². The van der Waals surface area contributed by atoms with Gasteiger partial charge in [-0.3, -0.25) is 14.9 Å². The third kappa shape index (κ3) is 2.87. The van der Waals surface area contributed by atoms with Crippen LogP contribution < -0.4 is 5.32 Å². The fourth-order valence-corrected chi connectivity index (χ4v) is 1.23. The number of hydrogen-bond acceptors (Lipinski definition) is 3. The van der Waals surface area contributed by atoms with Crippen molar-refractivity contribution in [2.75, 3.05) is 6.26 Å². The van der Waals surface area contributed by atoms with Crippen LogP contribution in [0.5, 0.6) is 0 Å². The SMILES string of the molecule is CCC(SC)C(=O)NC=O. The fourth-order valence-electron chi connectivity index (χ4n) is 0.610. The molecule has 0 aromatic carbocycles. The van der Waals surface area contributed by atoms with Crippen molar-refractivity contribution in [3.05, 3.63) is 0 Å². The monoisotopic (exact) mass is 161 g/mol. The average molecular weight is 161 g/mol. The Labute approximate surface area is 64.6 Å². The number of carbonyl (C=O) groups excluding carboxylic acids is 2. The molecule has 0 radical (unpaired) electrons. The van der Waals surface area contributed by atoms with Crippen LogP contribution in [-0.2, 0) is 9.59 Å². The highest BCUT2D eigenvalue weighted by molar-refractivity contribution is 7.99. The average Bonchev–Trinajstić information content (AvgIpc) is 1.91. The zero-order valence-electron chi connectivity index (χ0n) is 6.09. The lowest BCUT2D eigenvalue weighted by Gasteiger charge is -2.07. The van der Waals surface area contributed by atoms with Crippen molar-refractivity contribution in [3.63, 3.8) is 0 Å². The first-order valence-corrected chi connectivity index (χ1v) is 4.31. The Morgan fingerprint density at radius 2 is 2.40 bits per heavy atom. The van der Waals surface area contributed by atoms with Crippen molar-refractivity contribution in [3.8, 4) is 0 Å². The maximum absolute atomic E-state index is 10.8. The molecule has 0 aromatic heterocycles. The quantitative estimate of drug-likeness (QED) is 0.607. The van der Waals surface area contributed by atoms with Crippen LogP contribution in [0.4, 0.5) is 0 Å². The van der Waals surface area contributed by atoms with Crippen molar-refractivity contribution < 1.29 is 9.59 Å². The first-order valence-electron chi connectivity index (χ1n) is 3.03. The van der Waals surface area contributed by atoms with Crippen molar-refractivity contribution in [2.24, 2.45) is 0 Å². The minimum atomic E-state index is -0.204. The third-order valence-corrected chi connectivity index (χ3v) is 2.27. The molecule has 0 bridgehead atoms. The summed E-state index contributed by atoms with van der Waals surface area (Å²) >= 11 is 1.45. The van der Waals surface area contributed by atoms with E-state index in [2.05, 4.69) is 5.32 Å². The number of nitrogens with one attached hydrogen (secondary N) is 1. The molecule has 58 valence electrons. The standard InChI is InChI=1S/C6H11NO2S/c1-3-5(10-2)6(9)7-4-8/h4-5H,3H2,1-2H3,(H,7,8,9).